The molecule has 1 aromatic carbocycles. The predicted molar refractivity (Wildman–Crippen MR) is 63.4 cm³/mol. The van der Waals surface area contributed by atoms with Crippen LogP contribution in [0.15, 0.2) is 18.2 Å². The normalized spacial score (nSPS) is 10.3. The topological polar surface area (TPSA) is 35.5 Å². The van der Waals surface area contributed by atoms with E-state index in [1.165, 1.54) is 0 Å². The fourth-order valence-electron chi connectivity index (χ4n) is 1.44. The van der Waals surface area contributed by atoms with Crippen molar-refractivity contribution in [3.63, 3.8) is 0 Å². The average Bonchev–Trinajstić information content (AvgIpc) is 2.27. The SMILES string of the molecule is CCC(=O)c1cc(OC(C)C)ccc1OC. The third-order valence-corrected chi connectivity index (χ3v) is 2.16. The highest BCUT2D eigenvalue weighted by Crippen LogP contribution is 2.25. The molecule has 1 rings (SSSR count). The number of rotatable bonds is 5. The van der Waals surface area contributed by atoms with E-state index in [2.05, 4.69) is 0 Å². The molecule has 0 aliphatic rings. The maximum atomic E-state index is 11.7. The summed E-state index contributed by atoms with van der Waals surface area (Å²) >= 11 is 0. The van der Waals surface area contributed by atoms with Gasteiger partial charge >= 0.3 is 0 Å². The zero-order valence-corrected chi connectivity index (χ0v) is 10.2. The molecule has 1 aromatic rings. The van der Waals surface area contributed by atoms with E-state index in [9.17, 15) is 4.79 Å². The van der Waals surface area contributed by atoms with E-state index in [4.69, 9.17) is 9.47 Å². The number of methoxy groups -OCH3 is 1. The van der Waals surface area contributed by atoms with Gasteiger partial charge < -0.3 is 9.47 Å². The van der Waals surface area contributed by atoms with Crippen molar-refractivity contribution in [1.29, 1.82) is 0 Å². The number of carbonyl (C=O) groups is 1. The Morgan fingerprint density at radius 1 is 1.38 bits per heavy atom. The Morgan fingerprint density at radius 2 is 2.06 bits per heavy atom. The van der Waals surface area contributed by atoms with Gasteiger partial charge in [0.1, 0.15) is 11.5 Å². The van der Waals surface area contributed by atoms with Crippen LogP contribution in [0, 0.1) is 0 Å². The van der Waals surface area contributed by atoms with Gasteiger partial charge in [-0.2, -0.15) is 0 Å². The molecule has 0 bridgehead atoms. The minimum Gasteiger partial charge on any atom is -0.496 e. The van der Waals surface area contributed by atoms with Gasteiger partial charge in [-0.15, -0.1) is 0 Å². The lowest BCUT2D eigenvalue weighted by Gasteiger charge is -2.12. The lowest BCUT2D eigenvalue weighted by atomic mass is 10.1. The van der Waals surface area contributed by atoms with Gasteiger partial charge in [0.25, 0.3) is 0 Å². The first-order valence-electron chi connectivity index (χ1n) is 5.46. The summed E-state index contributed by atoms with van der Waals surface area (Å²) in [7, 11) is 1.56. The molecule has 0 aliphatic heterocycles. The second kappa shape index (κ2) is 5.54. The van der Waals surface area contributed by atoms with Crippen molar-refractivity contribution in [1.82, 2.24) is 0 Å². The second-order valence-electron chi connectivity index (χ2n) is 3.81. The van der Waals surface area contributed by atoms with Crippen LogP contribution < -0.4 is 9.47 Å². The molecule has 0 aromatic heterocycles. The van der Waals surface area contributed by atoms with E-state index >= 15 is 0 Å². The Bertz CT molecular complexity index is 369. The van der Waals surface area contributed by atoms with Crippen LogP contribution in [0.1, 0.15) is 37.6 Å². The van der Waals surface area contributed by atoms with Crippen LogP contribution in [0.2, 0.25) is 0 Å². The van der Waals surface area contributed by atoms with Crippen LogP contribution in [0.4, 0.5) is 0 Å². The Balaban J connectivity index is 3.06. The summed E-state index contributed by atoms with van der Waals surface area (Å²) in [6.07, 6.45) is 0.555. The number of ketones is 1. The van der Waals surface area contributed by atoms with Crippen LogP contribution in [-0.2, 0) is 0 Å². The molecule has 0 saturated carbocycles. The molecule has 88 valence electrons. The molecular weight excluding hydrogens is 204 g/mol. The molecule has 0 aliphatic carbocycles. The fraction of sp³-hybridized carbons (Fsp3) is 0.462. The van der Waals surface area contributed by atoms with Crippen molar-refractivity contribution in [3.8, 4) is 11.5 Å². The summed E-state index contributed by atoms with van der Waals surface area (Å²) in [5.74, 6) is 1.36. The van der Waals surface area contributed by atoms with Gasteiger partial charge in [-0.05, 0) is 32.0 Å². The van der Waals surface area contributed by atoms with Crippen molar-refractivity contribution in [2.75, 3.05) is 7.11 Å². The van der Waals surface area contributed by atoms with Crippen molar-refractivity contribution in [2.45, 2.75) is 33.3 Å². The molecule has 0 fully saturated rings. The molecule has 0 amide bonds. The molecule has 0 atom stereocenters. The zero-order valence-electron chi connectivity index (χ0n) is 10.2. The summed E-state index contributed by atoms with van der Waals surface area (Å²) < 4.78 is 10.7. The molecule has 16 heavy (non-hydrogen) atoms. The minimum absolute atomic E-state index is 0.0612. The molecule has 3 heteroatoms. The number of carbonyl (C=O) groups excluding carboxylic acids is 1. The first-order chi connectivity index (χ1) is 7.58. The van der Waals surface area contributed by atoms with Gasteiger partial charge in [0.05, 0.1) is 18.8 Å². The van der Waals surface area contributed by atoms with Gasteiger partial charge in [-0.25, -0.2) is 0 Å². The van der Waals surface area contributed by atoms with Crippen molar-refractivity contribution < 1.29 is 14.3 Å². The van der Waals surface area contributed by atoms with Crippen molar-refractivity contribution in [2.24, 2.45) is 0 Å². The van der Waals surface area contributed by atoms with Crippen molar-refractivity contribution >= 4 is 5.78 Å². The molecule has 0 spiro atoms. The fourth-order valence-corrected chi connectivity index (χ4v) is 1.44. The monoisotopic (exact) mass is 222 g/mol. The summed E-state index contributed by atoms with van der Waals surface area (Å²) in [4.78, 5) is 11.7. The quantitative estimate of drug-likeness (QED) is 0.718. The van der Waals surface area contributed by atoms with Crippen LogP contribution >= 0.6 is 0 Å². The smallest absolute Gasteiger partial charge is 0.166 e. The van der Waals surface area contributed by atoms with Crippen LogP contribution in [0.25, 0.3) is 0 Å². The van der Waals surface area contributed by atoms with Gasteiger partial charge in [0.15, 0.2) is 5.78 Å². The van der Waals surface area contributed by atoms with E-state index < -0.39 is 0 Å². The van der Waals surface area contributed by atoms with E-state index in [1.807, 2.05) is 26.8 Å². The number of hydrogen-bond donors (Lipinski definition) is 0. The van der Waals surface area contributed by atoms with Gasteiger partial charge in [-0.3, -0.25) is 4.79 Å². The largest absolute Gasteiger partial charge is 0.496 e. The lowest BCUT2D eigenvalue weighted by Crippen LogP contribution is -2.07. The molecule has 0 saturated heterocycles. The maximum Gasteiger partial charge on any atom is 0.166 e. The van der Waals surface area contributed by atoms with E-state index in [-0.39, 0.29) is 11.9 Å². The number of benzene rings is 1. The van der Waals surface area contributed by atoms with Crippen LogP contribution in [0.3, 0.4) is 0 Å². The molecule has 0 N–H and O–H groups in total. The second-order valence-corrected chi connectivity index (χ2v) is 3.81. The predicted octanol–water partition coefficient (Wildman–Crippen LogP) is 3.08. The highest BCUT2D eigenvalue weighted by molar-refractivity contribution is 5.98. The molecular formula is C13H18O3. The summed E-state index contributed by atoms with van der Waals surface area (Å²) in [5.41, 5.74) is 0.586. The Hall–Kier alpha value is -1.51. The number of hydrogen-bond acceptors (Lipinski definition) is 3. The summed E-state index contributed by atoms with van der Waals surface area (Å²) in [5, 5.41) is 0. The van der Waals surface area contributed by atoms with E-state index in [0.29, 0.717) is 23.5 Å². The Kier molecular flexibility index (Phi) is 4.35. The Morgan fingerprint density at radius 3 is 2.56 bits per heavy atom. The Labute approximate surface area is 96.4 Å². The summed E-state index contributed by atoms with van der Waals surface area (Å²) in [6.45, 7) is 5.73. The first-order valence-corrected chi connectivity index (χ1v) is 5.46. The molecule has 0 radical (unpaired) electrons. The number of Topliss-reactive ketones (excluding diaryl/α,β-unsaturated/α-hetero) is 1. The standard InChI is InChI=1S/C13H18O3/c1-5-12(14)11-8-10(16-9(2)3)6-7-13(11)15-4/h6-9H,5H2,1-4H3. The maximum absolute atomic E-state index is 11.7. The molecule has 3 nitrogen and oxygen atoms in total. The highest BCUT2D eigenvalue weighted by Gasteiger charge is 2.12. The molecule has 0 heterocycles. The van der Waals surface area contributed by atoms with Crippen molar-refractivity contribution in [3.05, 3.63) is 23.8 Å². The summed E-state index contributed by atoms with van der Waals surface area (Å²) in [6, 6.07) is 5.32. The first kappa shape index (κ1) is 12.6. The van der Waals surface area contributed by atoms with Crippen LogP contribution in [-0.4, -0.2) is 19.0 Å². The third-order valence-electron chi connectivity index (χ3n) is 2.16. The molecule has 0 unspecified atom stereocenters. The average molecular weight is 222 g/mol. The van der Waals surface area contributed by atoms with E-state index in [1.54, 1.807) is 19.2 Å². The van der Waals surface area contributed by atoms with Gasteiger partial charge in [0.2, 0.25) is 0 Å². The zero-order chi connectivity index (χ0) is 12.1. The van der Waals surface area contributed by atoms with Gasteiger partial charge in [0, 0.05) is 6.42 Å². The lowest BCUT2D eigenvalue weighted by molar-refractivity contribution is 0.0984. The number of ether oxygens (including phenoxy) is 2. The van der Waals surface area contributed by atoms with Crippen LogP contribution in [0.5, 0.6) is 11.5 Å². The third kappa shape index (κ3) is 2.99. The highest BCUT2D eigenvalue weighted by atomic mass is 16.5. The van der Waals surface area contributed by atoms with Gasteiger partial charge in [-0.1, -0.05) is 6.92 Å². The van der Waals surface area contributed by atoms with E-state index in [0.717, 1.165) is 0 Å². The minimum atomic E-state index is 0.0612.